The summed E-state index contributed by atoms with van der Waals surface area (Å²) in [5.74, 6) is -3.10. The Bertz CT molecular complexity index is 733. The number of rotatable bonds is 3. The number of carbonyl (C=O) groups excluding carboxylic acids is 1. The first-order valence-corrected chi connectivity index (χ1v) is 6.09. The monoisotopic (exact) mass is 309 g/mol. The zero-order valence-corrected chi connectivity index (χ0v) is 11.2. The third-order valence-electron chi connectivity index (χ3n) is 2.69. The van der Waals surface area contributed by atoms with Crippen molar-refractivity contribution < 1.29 is 24.2 Å². The Kier molecular flexibility index (Phi) is 4.09. The number of anilines is 1. The molecule has 0 atom stereocenters. The summed E-state index contributed by atoms with van der Waals surface area (Å²) in [6, 6.07) is 7.19. The van der Waals surface area contributed by atoms with Gasteiger partial charge >= 0.3 is 5.97 Å². The lowest BCUT2D eigenvalue weighted by atomic mass is 10.1. The molecule has 0 aliphatic heterocycles. The number of aromatic hydroxyl groups is 1. The summed E-state index contributed by atoms with van der Waals surface area (Å²) in [4.78, 5) is 22.7. The standard InChI is InChI=1S/C14H9ClFNO4/c15-12-8(2-1-3-9(12)16)13(19)17-10-5-4-7(14(20)21)6-11(10)18/h1-6,18H,(H,17,19)(H,20,21). The molecule has 2 rings (SSSR count). The van der Waals surface area contributed by atoms with Crippen LogP contribution in [-0.2, 0) is 0 Å². The van der Waals surface area contributed by atoms with E-state index in [1.165, 1.54) is 24.3 Å². The second-order valence-corrected chi connectivity index (χ2v) is 4.47. The van der Waals surface area contributed by atoms with E-state index in [0.717, 1.165) is 12.1 Å². The van der Waals surface area contributed by atoms with E-state index in [2.05, 4.69) is 5.32 Å². The SMILES string of the molecule is O=C(O)c1ccc(NC(=O)c2cccc(F)c2Cl)c(O)c1. The molecule has 0 bridgehead atoms. The van der Waals surface area contributed by atoms with Crippen molar-refractivity contribution >= 4 is 29.2 Å². The zero-order chi connectivity index (χ0) is 15.6. The summed E-state index contributed by atoms with van der Waals surface area (Å²) in [5.41, 5.74) is -0.238. The fourth-order valence-electron chi connectivity index (χ4n) is 1.64. The normalized spacial score (nSPS) is 10.2. The average molecular weight is 310 g/mol. The van der Waals surface area contributed by atoms with Crippen LogP contribution in [0.2, 0.25) is 5.02 Å². The number of nitrogens with one attached hydrogen (secondary N) is 1. The number of halogens is 2. The fraction of sp³-hybridized carbons (Fsp3) is 0. The van der Waals surface area contributed by atoms with Gasteiger partial charge in [0.25, 0.3) is 5.91 Å². The maximum atomic E-state index is 13.3. The van der Waals surface area contributed by atoms with E-state index in [9.17, 15) is 19.1 Å². The van der Waals surface area contributed by atoms with Gasteiger partial charge < -0.3 is 15.5 Å². The summed E-state index contributed by atoms with van der Waals surface area (Å²) >= 11 is 5.68. The number of benzene rings is 2. The molecule has 0 heterocycles. The van der Waals surface area contributed by atoms with Crippen molar-refractivity contribution in [1.82, 2.24) is 0 Å². The Morgan fingerprint density at radius 1 is 1.19 bits per heavy atom. The van der Waals surface area contributed by atoms with Gasteiger partial charge in [-0.1, -0.05) is 17.7 Å². The van der Waals surface area contributed by atoms with Gasteiger partial charge in [-0.15, -0.1) is 0 Å². The van der Waals surface area contributed by atoms with Gasteiger partial charge in [-0.3, -0.25) is 4.79 Å². The minimum absolute atomic E-state index is 0.00896. The van der Waals surface area contributed by atoms with Crippen molar-refractivity contribution in [1.29, 1.82) is 0 Å². The van der Waals surface area contributed by atoms with Gasteiger partial charge in [0.1, 0.15) is 11.6 Å². The lowest BCUT2D eigenvalue weighted by Gasteiger charge is -2.09. The first-order chi connectivity index (χ1) is 9.90. The fourth-order valence-corrected chi connectivity index (χ4v) is 1.85. The van der Waals surface area contributed by atoms with Gasteiger partial charge in [0.15, 0.2) is 0 Å². The average Bonchev–Trinajstić information content (AvgIpc) is 2.43. The van der Waals surface area contributed by atoms with Crippen LogP contribution in [0.3, 0.4) is 0 Å². The van der Waals surface area contributed by atoms with Crippen LogP contribution < -0.4 is 5.32 Å². The Morgan fingerprint density at radius 2 is 1.90 bits per heavy atom. The van der Waals surface area contributed by atoms with Gasteiger partial charge in [-0.25, -0.2) is 9.18 Å². The van der Waals surface area contributed by atoms with Crippen LogP contribution in [0.15, 0.2) is 36.4 Å². The largest absolute Gasteiger partial charge is 0.506 e. The summed E-state index contributed by atoms with van der Waals surface area (Å²) in [6.07, 6.45) is 0. The predicted molar refractivity (Wildman–Crippen MR) is 74.4 cm³/mol. The van der Waals surface area contributed by atoms with Crippen LogP contribution in [0.5, 0.6) is 5.75 Å². The molecule has 2 aromatic carbocycles. The molecule has 3 N–H and O–H groups in total. The summed E-state index contributed by atoms with van der Waals surface area (Å²) < 4.78 is 13.3. The Morgan fingerprint density at radius 3 is 2.52 bits per heavy atom. The van der Waals surface area contributed by atoms with Gasteiger partial charge in [0, 0.05) is 0 Å². The van der Waals surface area contributed by atoms with E-state index >= 15 is 0 Å². The number of carboxylic acid groups (broad SMARTS) is 1. The van der Waals surface area contributed by atoms with Crippen molar-refractivity contribution in [2.45, 2.75) is 0 Å². The molecule has 0 saturated carbocycles. The molecule has 0 radical (unpaired) electrons. The summed E-state index contributed by atoms with van der Waals surface area (Å²) in [6.45, 7) is 0. The molecule has 21 heavy (non-hydrogen) atoms. The number of hydrogen-bond acceptors (Lipinski definition) is 3. The number of hydrogen-bond donors (Lipinski definition) is 3. The first-order valence-electron chi connectivity index (χ1n) is 5.72. The van der Waals surface area contributed by atoms with Crippen LogP contribution in [-0.4, -0.2) is 22.1 Å². The lowest BCUT2D eigenvalue weighted by molar-refractivity contribution is 0.0696. The van der Waals surface area contributed by atoms with Crippen LogP contribution in [0.4, 0.5) is 10.1 Å². The lowest BCUT2D eigenvalue weighted by Crippen LogP contribution is -2.13. The van der Waals surface area contributed by atoms with Crippen LogP contribution in [0.1, 0.15) is 20.7 Å². The minimum atomic E-state index is -1.21. The smallest absolute Gasteiger partial charge is 0.335 e. The molecule has 0 aliphatic rings. The number of amides is 1. The number of phenolic OH excluding ortho intramolecular Hbond substituents is 1. The molecule has 108 valence electrons. The maximum Gasteiger partial charge on any atom is 0.335 e. The van der Waals surface area contributed by atoms with E-state index < -0.39 is 23.4 Å². The number of carbonyl (C=O) groups is 2. The van der Waals surface area contributed by atoms with Crippen LogP contribution in [0.25, 0.3) is 0 Å². The number of carboxylic acids is 1. The van der Waals surface area contributed by atoms with Crippen molar-refractivity contribution in [2.75, 3.05) is 5.32 Å². The summed E-state index contributed by atoms with van der Waals surface area (Å²) in [7, 11) is 0. The van der Waals surface area contributed by atoms with Gasteiger partial charge in [0.2, 0.25) is 0 Å². The second-order valence-electron chi connectivity index (χ2n) is 4.09. The van der Waals surface area contributed by atoms with Crippen molar-refractivity contribution in [3.8, 4) is 5.75 Å². The summed E-state index contributed by atoms with van der Waals surface area (Å²) in [5, 5.41) is 20.4. The molecule has 0 fully saturated rings. The van der Waals surface area contributed by atoms with E-state index in [1.807, 2.05) is 0 Å². The van der Waals surface area contributed by atoms with Crippen molar-refractivity contribution in [2.24, 2.45) is 0 Å². The topological polar surface area (TPSA) is 86.6 Å². The highest BCUT2D eigenvalue weighted by Crippen LogP contribution is 2.26. The van der Waals surface area contributed by atoms with Gasteiger partial charge in [-0.2, -0.15) is 0 Å². The van der Waals surface area contributed by atoms with Crippen LogP contribution >= 0.6 is 11.6 Å². The molecule has 0 aliphatic carbocycles. The minimum Gasteiger partial charge on any atom is -0.506 e. The quantitative estimate of drug-likeness (QED) is 0.760. The molecule has 5 nitrogen and oxygen atoms in total. The maximum absolute atomic E-state index is 13.3. The molecule has 0 unspecified atom stereocenters. The second kappa shape index (κ2) is 5.80. The Hall–Kier alpha value is -2.60. The van der Waals surface area contributed by atoms with Crippen LogP contribution in [0, 0.1) is 5.82 Å². The molecule has 0 aromatic heterocycles. The van der Waals surface area contributed by atoms with Crippen molar-refractivity contribution in [3.05, 3.63) is 58.4 Å². The third-order valence-corrected chi connectivity index (χ3v) is 3.07. The molecular weight excluding hydrogens is 301 g/mol. The highest BCUT2D eigenvalue weighted by Gasteiger charge is 2.15. The molecule has 7 heteroatoms. The molecule has 0 spiro atoms. The number of aromatic carboxylic acids is 1. The van der Waals surface area contributed by atoms with E-state index in [0.29, 0.717) is 0 Å². The predicted octanol–water partition coefficient (Wildman–Crippen LogP) is 3.14. The molecule has 0 saturated heterocycles. The highest BCUT2D eigenvalue weighted by molar-refractivity contribution is 6.34. The Balaban J connectivity index is 2.28. The van der Waals surface area contributed by atoms with Gasteiger partial charge in [0.05, 0.1) is 21.8 Å². The van der Waals surface area contributed by atoms with E-state index in [1.54, 1.807) is 0 Å². The van der Waals surface area contributed by atoms with Gasteiger partial charge in [-0.05, 0) is 30.3 Å². The molecule has 2 aromatic rings. The Labute approximate surface area is 123 Å². The van der Waals surface area contributed by atoms with E-state index in [4.69, 9.17) is 16.7 Å². The van der Waals surface area contributed by atoms with Crippen molar-refractivity contribution in [3.63, 3.8) is 0 Å². The first kappa shape index (κ1) is 14.8. The zero-order valence-electron chi connectivity index (χ0n) is 10.4. The molecular formula is C14H9ClFNO4. The molecule has 1 amide bonds. The third kappa shape index (κ3) is 3.11. The number of phenols is 1. The van der Waals surface area contributed by atoms with E-state index in [-0.39, 0.29) is 21.8 Å². The highest BCUT2D eigenvalue weighted by atomic mass is 35.5.